The molecule has 2 heterocycles. The molecule has 1 aliphatic rings. The first-order valence-electron chi connectivity index (χ1n) is 12.1. The van der Waals surface area contributed by atoms with Gasteiger partial charge in [0.05, 0.1) is 22.7 Å². The minimum absolute atomic E-state index is 0. The van der Waals surface area contributed by atoms with Crippen LogP contribution in [0.25, 0.3) is 10.2 Å². The van der Waals surface area contributed by atoms with E-state index in [1.807, 2.05) is 25.1 Å². The van der Waals surface area contributed by atoms with Crippen molar-refractivity contribution in [3.63, 3.8) is 0 Å². The van der Waals surface area contributed by atoms with Gasteiger partial charge in [0, 0.05) is 31.7 Å². The molecule has 1 aliphatic heterocycles. The van der Waals surface area contributed by atoms with Crippen molar-refractivity contribution in [2.24, 2.45) is 5.92 Å². The van der Waals surface area contributed by atoms with Crippen molar-refractivity contribution in [2.75, 3.05) is 49.1 Å². The van der Waals surface area contributed by atoms with E-state index in [2.05, 4.69) is 18.7 Å². The first-order valence-corrected chi connectivity index (χ1v) is 12.9. The molecule has 0 saturated carbocycles. The summed E-state index contributed by atoms with van der Waals surface area (Å²) in [5, 5.41) is 0.624. The van der Waals surface area contributed by atoms with E-state index >= 15 is 0 Å². The Balaban J connectivity index is 0.00000361. The largest absolute Gasteiger partial charge is 0.494 e. The van der Waals surface area contributed by atoms with Crippen molar-refractivity contribution in [3.05, 3.63) is 48.3 Å². The molecule has 1 fully saturated rings. The molecule has 1 aromatic heterocycles. The predicted molar refractivity (Wildman–Crippen MR) is 145 cm³/mol. The third-order valence-electron chi connectivity index (χ3n) is 6.30. The lowest BCUT2D eigenvalue weighted by molar-refractivity contribution is -0.124. The van der Waals surface area contributed by atoms with Crippen LogP contribution < -0.4 is 14.5 Å². The molecule has 0 spiro atoms. The first kappa shape index (κ1) is 27.8. The fraction of sp³-hybridized carbons (Fsp3) is 0.423. The van der Waals surface area contributed by atoms with Crippen molar-refractivity contribution in [2.45, 2.75) is 27.2 Å². The number of fused-ring (bicyclic) bond motifs is 1. The number of benzene rings is 2. The molecule has 7 nitrogen and oxygen atoms in total. The summed E-state index contributed by atoms with van der Waals surface area (Å²) < 4.78 is 19.9. The number of ether oxygens (including phenoxy) is 1. The molecular formula is C26H32ClFN4O3S. The quantitative estimate of drug-likeness (QED) is 0.367. The molecule has 2 amide bonds. The Morgan fingerprint density at radius 3 is 2.53 bits per heavy atom. The second kappa shape index (κ2) is 12.5. The van der Waals surface area contributed by atoms with Crippen molar-refractivity contribution in [1.82, 2.24) is 9.88 Å². The number of anilines is 2. The number of likely N-dealkylation sites (N-methyl/N-ethyl adjacent to an activating group) is 1. The van der Waals surface area contributed by atoms with Crippen molar-refractivity contribution < 1.29 is 18.7 Å². The Kier molecular flexibility index (Phi) is 9.64. The molecule has 194 valence electrons. The molecular weight excluding hydrogens is 503 g/mol. The molecule has 4 rings (SSSR count). The maximum Gasteiger partial charge on any atom is 0.234 e. The van der Waals surface area contributed by atoms with E-state index in [0.29, 0.717) is 30.5 Å². The summed E-state index contributed by atoms with van der Waals surface area (Å²) in [6, 6.07) is 11.5. The van der Waals surface area contributed by atoms with Gasteiger partial charge in [-0.2, -0.15) is 0 Å². The van der Waals surface area contributed by atoms with Crippen LogP contribution in [0.1, 0.15) is 27.2 Å². The maximum absolute atomic E-state index is 13.8. The summed E-state index contributed by atoms with van der Waals surface area (Å²) in [7, 11) is 0. The van der Waals surface area contributed by atoms with Crippen LogP contribution in [0.2, 0.25) is 0 Å². The molecule has 1 atom stereocenters. The molecule has 0 radical (unpaired) electrons. The van der Waals surface area contributed by atoms with E-state index in [1.54, 1.807) is 21.9 Å². The number of halogens is 2. The maximum atomic E-state index is 13.8. The lowest BCUT2D eigenvalue weighted by Crippen LogP contribution is -2.42. The number of carbonyl (C=O) groups is 2. The molecule has 1 saturated heterocycles. The summed E-state index contributed by atoms with van der Waals surface area (Å²) in [6.07, 6.45) is 0.122. The monoisotopic (exact) mass is 534 g/mol. The second-order valence-electron chi connectivity index (χ2n) is 8.46. The van der Waals surface area contributed by atoms with Gasteiger partial charge in [-0.05, 0) is 62.5 Å². The molecule has 10 heteroatoms. The van der Waals surface area contributed by atoms with Crippen LogP contribution in [0, 0.1) is 11.7 Å². The molecule has 36 heavy (non-hydrogen) atoms. The highest BCUT2D eigenvalue weighted by Crippen LogP contribution is 2.34. The van der Waals surface area contributed by atoms with Gasteiger partial charge < -0.3 is 14.5 Å². The van der Waals surface area contributed by atoms with E-state index in [4.69, 9.17) is 9.72 Å². The van der Waals surface area contributed by atoms with Crippen molar-refractivity contribution in [1.29, 1.82) is 0 Å². The molecule has 1 unspecified atom stereocenters. The Labute approximate surface area is 221 Å². The number of thiazole rings is 1. The van der Waals surface area contributed by atoms with E-state index in [0.717, 1.165) is 29.1 Å². The number of carbonyl (C=O) groups excluding carboxylic acids is 2. The summed E-state index contributed by atoms with van der Waals surface area (Å²) >= 11 is 1.45. The highest BCUT2D eigenvalue weighted by Gasteiger charge is 2.38. The van der Waals surface area contributed by atoms with Crippen LogP contribution in [0.5, 0.6) is 5.75 Å². The number of hydrogen-bond acceptors (Lipinski definition) is 6. The van der Waals surface area contributed by atoms with E-state index in [1.165, 1.54) is 23.5 Å². The van der Waals surface area contributed by atoms with Crippen LogP contribution >= 0.6 is 23.7 Å². The van der Waals surface area contributed by atoms with Gasteiger partial charge in [0.1, 0.15) is 11.6 Å². The lowest BCUT2D eigenvalue weighted by Gasteiger charge is -2.26. The smallest absolute Gasteiger partial charge is 0.234 e. The normalized spacial score (nSPS) is 15.4. The minimum Gasteiger partial charge on any atom is -0.494 e. The zero-order chi connectivity index (χ0) is 24.9. The van der Waals surface area contributed by atoms with Crippen molar-refractivity contribution >= 4 is 56.6 Å². The molecule has 0 aliphatic carbocycles. The second-order valence-corrected chi connectivity index (χ2v) is 9.47. The molecule has 3 aromatic rings. The van der Waals surface area contributed by atoms with E-state index in [-0.39, 0.29) is 43.0 Å². The number of amides is 2. The molecule has 0 N–H and O–H groups in total. The summed E-state index contributed by atoms with van der Waals surface area (Å²) in [5.41, 5.74) is 1.41. The van der Waals surface area contributed by atoms with Crippen LogP contribution in [-0.2, 0) is 9.59 Å². The van der Waals surface area contributed by atoms with Crippen LogP contribution in [0.15, 0.2) is 42.5 Å². The van der Waals surface area contributed by atoms with Gasteiger partial charge in [-0.1, -0.05) is 25.2 Å². The number of hydrogen-bond donors (Lipinski definition) is 0. The SMILES string of the molecule is CCOc1ccc2nc(N(CCN(CC)CC)C(=O)C3CC(=O)N(c4ccc(F)cc4)C3)sc2c1.Cl. The average molecular weight is 535 g/mol. The molecule has 2 aromatic carbocycles. The van der Waals surface area contributed by atoms with Gasteiger partial charge in [0.2, 0.25) is 11.8 Å². The average Bonchev–Trinajstić information content (AvgIpc) is 3.45. The Morgan fingerprint density at radius 2 is 1.86 bits per heavy atom. The zero-order valence-corrected chi connectivity index (χ0v) is 22.4. The first-order chi connectivity index (χ1) is 16.9. The third kappa shape index (κ3) is 6.14. The van der Waals surface area contributed by atoms with E-state index in [9.17, 15) is 14.0 Å². The fourth-order valence-corrected chi connectivity index (χ4v) is 5.34. The van der Waals surface area contributed by atoms with Gasteiger partial charge >= 0.3 is 0 Å². The van der Waals surface area contributed by atoms with Crippen LogP contribution in [-0.4, -0.2) is 61.0 Å². The molecule has 0 bridgehead atoms. The third-order valence-corrected chi connectivity index (χ3v) is 7.34. The van der Waals surface area contributed by atoms with Gasteiger partial charge in [0.25, 0.3) is 0 Å². The highest BCUT2D eigenvalue weighted by molar-refractivity contribution is 7.22. The van der Waals surface area contributed by atoms with Gasteiger partial charge in [-0.3, -0.25) is 14.5 Å². The number of nitrogens with zero attached hydrogens (tertiary/aromatic N) is 4. The van der Waals surface area contributed by atoms with E-state index < -0.39 is 5.92 Å². The lowest BCUT2D eigenvalue weighted by atomic mass is 10.1. The Hall–Kier alpha value is -2.75. The Bertz CT molecular complexity index is 1190. The van der Waals surface area contributed by atoms with Gasteiger partial charge in [0.15, 0.2) is 5.13 Å². The standard InChI is InChI=1S/C26H31FN4O3S.ClH/c1-4-29(5-2)13-14-30(26-28-22-12-11-21(34-6-3)16-23(22)35-26)25(33)18-15-24(32)31(17-18)20-9-7-19(27)8-10-20;/h7-12,16,18H,4-6,13-15,17H2,1-3H3;1H. The fourth-order valence-electron chi connectivity index (χ4n) is 4.31. The van der Waals surface area contributed by atoms with Crippen LogP contribution in [0.3, 0.4) is 0 Å². The summed E-state index contributed by atoms with van der Waals surface area (Å²) in [6.45, 7) is 9.94. The number of rotatable bonds is 10. The Morgan fingerprint density at radius 1 is 1.14 bits per heavy atom. The zero-order valence-electron chi connectivity index (χ0n) is 20.8. The number of aromatic nitrogens is 1. The predicted octanol–water partition coefficient (Wildman–Crippen LogP) is 4.98. The minimum atomic E-state index is -0.491. The van der Waals surface area contributed by atoms with Gasteiger partial charge in [-0.25, -0.2) is 9.37 Å². The summed E-state index contributed by atoms with van der Waals surface area (Å²) in [5.74, 6) is -0.328. The topological polar surface area (TPSA) is 66.0 Å². The highest BCUT2D eigenvalue weighted by atomic mass is 35.5. The summed E-state index contributed by atoms with van der Waals surface area (Å²) in [4.78, 5) is 36.8. The van der Waals surface area contributed by atoms with Crippen molar-refractivity contribution in [3.8, 4) is 5.75 Å². The van der Waals surface area contributed by atoms with Gasteiger partial charge in [-0.15, -0.1) is 12.4 Å². The van der Waals surface area contributed by atoms with Crippen LogP contribution in [0.4, 0.5) is 15.2 Å².